The summed E-state index contributed by atoms with van der Waals surface area (Å²) in [7, 11) is 0. The van der Waals surface area contributed by atoms with Crippen molar-refractivity contribution >= 4 is 16.8 Å². The van der Waals surface area contributed by atoms with Crippen molar-refractivity contribution in [1.29, 1.82) is 0 Å². The van der Waals surface area contributed by atoms with Gasteiger partial charge in [0.05, 0.1) is 5.69 Å². The van der Waals surface area contributed by atoms with E-state index in [0.717, 1.165) is 46.9 Å². The van der Waals surface area contributed by atoms with Crippen molar-refractivity contribution in [2.45, 2.75) is 13.3 Å². The Kier molecular flexibility index (Phi) is 2.80. The van der Waals surface area contributed by atoms with Crippen LogP contribution in [0.15, 0.2) is 59.0 Å². The average molecular weight is 315 g/mol. The third-order valence-corrected chi connectivity index (χ3v) is 4.59. The molecule has 1 aliphatic rings. The standard InChI is InChI=1S/C20H17N3O/c1-13-6-8-15(9-7-13)23-20-16(10-11-21-20)19(22-23)18-12-14-4-2-3-5-17(14)24-18/h2-9,12,21H,10-11H2,1H3. The minimum Gasteiger partial charge on any atom is -0.454 e. The van der Waals surface area contributed by atoms with Crippen LogP contribution in [0.1, 0.15) is 11.1 Å². The third-order valence-electron chi connectivity index (χ3n) is 4.59. The zero-order chi connectivity index (χ0) is 16.1. The molecule has 0 saturated carbocycles. The summed E-state index contributed by atoms with van der Waals surface area (Å²) in [6.07, 6.45) is 0.966. The molecule has 1 aliphatic heterocycles. The van der Waals surface area contributed by atoms with E-state index < -0.39 is 0 Å². The van der Waals surface area contributed by atoms with Crippen LogP contribution in [0.25, 0.3) is 28.1 Å². The lowest BCUT2D eigenvalue weighted by molar-refractivity contribution is 0.626. The molecule has 1 N–H and O–H groups in total. The van der Waals surface area contributed by atoms with E-state index in [1.54, 1.807) is 0 Å². The Labute approximate surface area is 139 Å². The van der Waals surface area contributed by atoms with Crippen LogP contribution in [-0.2, 0) is 6.42 Å². The molecule has 2 aromatic heterocycles. The van der Waals surface area contributed by atoms with Gasteiger partial charge in [-0.25, -0.2) is 4.68 Å². The van der Waals surface area contributed by atoms with Gasteiger partial charge in [-0.3, -0.25) is 0 Å². The van der Waals surface area contributed by atoms with Crippen LogP contribution in [-0.4, -0.2) is 16.3 Å². The molecule has 4 heteroatoms. The number of rotatable bonds is 2. The zero-order valence-corrected chi connectivity index (χ0v) is 13.4. The Morgan fingerprint density at radius 3 is 2.75 bits per heavy atom. The second kappa shape index (κ2) is 4.99. The number of furan rings is 1. The topological polar surface area (TPSA) is 43.0 Å². The highest BCUT2D eigenvalue weighted by Gasteiger charge is 2.25. The Morgan fingerprint density at radius 1 is 1.08 bits per heavy atom. The zero-order valence-electron chi connectivity index (χ0n) is 13.4. The maximum absolute atomic E-state index is 6.04. The van der Waals surface area contributed by atoms with Crippen LogP contribution in [0.3, 0.4) is 0 Å². The van der Waals surface area contributed by atoms with Gasteiger partial charge >= 0.3 is 0 Å². The van der Waals surface area contributed by atoms with Crippen LogP contribution in [0, 0.1) is 6.92 Å². The minimum absolute atomic E-state index is 0.835. The van der Waals surface area contributed by atoms with E-state index in [0.29, 0.717) is 0 Å². The summed E-state index contributed by atoms with van der Waals surface area (Å²) in [5.74, 6) is 1.91. The fraction of sp³-hybridized carbons (Fsp3) is 0.150. The number of hydrogen-bond donors (Lipinski definition) is 1. The molecule has 0 amide bonds. The Balaban J connectivity index is 1.69. The summed E-state index contributed by atoms with van der Waals surface area (Å²) in [5, 5.41) is 9.43. The molecule has 3 heterocycles. The lowest BCUT2D eigenvalue weighted by Gasteiger charge is -2.06. The summed E-state index contributed by atoms with van der Waals surface area (Å²) >= 11 is 0. The maximum atomic E-state index is 6.04. The van der Waals surface area contributed by atoms with Gasteiger partial charge in [-0.15, -0.1) is 0 Å². The van der Waals surface area contributed by atoms with Gasteiger partial charge in [-0.2, -0.15) is 5.10 Å². The van der Waals surface area contributed by atoms with Gasteiger partial charge in [-0.05, 0) is 37.6 Å². The first kappa shape index (κ1) is 13.4. The number of aryl methyl sites for hydroxylation is 1. The number of anilines is 1. The van der Waals surface area contributed by atoms with Gasteiger partial charge in [0.25, 0.3) is 0 Å². The van der Waals surface area contributed by atoms with Crippen molar-refractivity contribution in [2.24, 2.45) is 0 Å². The fourth-order valence-electron chi connectivity index (χ4n) is 3.34. The summed E-state index contributed by atoms with van der Waals surface area (Å²) in [5.41, 5.74) is 5.38. The van der Waals surface area contributed by atoms with E-state index >= 15 is 0 Å². The fourth-order valence-corrected chi connectivity index (χ4v) is 3.34. The Morgan fingerprint density at radius 2 is 1.92 bits per heavy atom. The van der Waals surface area contributed by atoms with Crippen LogP contribution in [0.5, 0.6) is 0 Å². The van der Waals surface area contributed by atoms with Gasteiger partial charge < -0.3 is 9.73 Å². The van der Waals surface area contributed by atoms with Crippen LogP contribution >= 0.6 is 0 Å². The Hall–Kier alpha value is -3.01. The lowest BCUT2D eigenvalue weighted by Crippen LogP contribution is -2.04. The molecule has 0 aliphatic carbocycles. The van der Waals surface area contributed by atoms with Gasteiger partial charge in [0.15, 0.2) is 5.76 Å². The maximum Gasteiger partial charge on any atom is 0.156 e. The van der Waals surface area contributed by atoms with Crippen molar-refractivity contribution in [3.63, 3.8) is 0 Å². The highest BCUT2D eigenvalue weighted by atomic mass is 16.3. The predicted octanol–water partition coefficient (Wildman–Crippen LogP) is 4.56. The second-order valence-electron chi connectivity index (χ2n) is 6.25. The molecule has 0 bridgehead atoms. The minimum atomic E-state index is 0.835. The highest BCUT2D eigenvalue weighted by Crippen LogP contribution is 2.36. The van der Waals surface area contributed by atoms with E-state index in [4.69, 9.17) is 9.52 Å². The summed E-state index contributed by atoms with van der Waals surface area (Å²) in [6, 6.07) is 18.6. The van der Waals surface area contributed by atoms with Gasteiger partial charge in [-0.1, -0.05) is 35.9 Å². The monoisotopic (exact) mass is 315 g/mol. The molecule has 118 valence electrons. The number of hydrogen-bond acceptors (Lipinski definition) is 3. The van der Waals surface area contributed by atoms with Crippen LogP contribution in [0.2, 0.25) is 0 Å². The molecule has 0 radical (unpaired) electrons. The molecule has 0 atom stereocenters. The smallest absolute Gasteiger partial charge is 0.156 e. The average Bonchev–Trinajstić information content (AvgIpc) is 3.29. The molecule has 2 aromatic carbocycles. The van der Waals surface area contributed by atoms with Crippen LogP contribution < -0.4 is 5.32 Å². The number of nitrogens with zero attached hydrogens (tertiary/aromatic N) is 2. The SMILES string of the molecule is Cc1ccc(-n2nc(-c3cc4ccccc4o3)c3c2NCC3)cc1. The van der Waals surface area contributed by atoms with Crippen molar-refractivity contribution in [1.82, 2.24) is 9.78 Å². The summed E-state index contributed by atoms with van der Waals surface area (Å²) in [6.45, 7) is 3.03. The van der Waals surface area contributed by atoms with Crippen LogP contribution in [0.4, 0.5) is 5.82 Å². The lowest BCUT2D eigenvalue weighted by atomic mass is 10.1. The highest BCUT2D eigenvalue weighted by molar-refractivity contribution is 5.83. The number of benzene rings is 2. The van der Waals surface area contributed by atoms with Crippen molar-refractivity contribution in [2.75, 3.05) is 11.9 Å². The number of nitrogens with one attached hydrogen (secondary N) is 1. The molecule has 24 heavy (non-hydrogen) atoms. The Bertz CT molecular complexity index is 1010. The molecule has 0 fully saturated rings. The van der Waals surface area contributed by atoms with E-state index in [1.807, 2.05) is 22.9 Å². The van der Waals surface area contributed by atoms with Gasteiger partial charge in [0.1, 0.15) is 17.1 Å². The normalized spacial score (nSPS) is 13.2. The van der Waals surface area contributed by atoms with Crippen molar-refractivity contribution < 1.29 is 4.42 Å². The molecule has 4 aromatic rings. The van der Waals surface area contributed by atoms with E-state index in [1.165, 1.54) is 11.1 Å². The van der Waals surface area contributed by atoms with E-state index in [-0.39, 0.29) is 0 Å². The third kappa shape index (κ3) is 1.96. The molecular weight excluding hydrogens is 298 g/mol. The largest absolute Gasteiger partial charge is 0.454 e. The molecule has 0 unspecified atom stereocenters. The van der Waals surface area contributed by atoms with Crippen molar-refractivity contribution in [3.05, 3.63) is 65.7 Å². The number of para-hydroxylation sites is 1. The first-order valence-electron chi connectivity index (χ1n) is 8.21. The van der Waals surface area contributed by atoms with Crippen molar-refractivity contribution in [3.8, 4) is 17.1 Å². The molecular formula is C20H17N3O. The first-order chi connectivity index (χ1) is 11.8. The van der Waals surface area contributed by atoms with E-state index in [9.17, 15) is 0 Å². The quantitative estimate of drug-likeness (QED) is 0.589. The second-order valence-corrected chi connectivity index (χ2v) is 6.25. The summed E-state index contributed by atoms with van der Waals surface area (Å²) < 4.78 is 8.03. The molecule has 0 saturated heterocycles. The molecule has 5 rings (SSSR count). The number of fused-ring (bicyclic) bond motifs is 2. The van der Waals surface area contributed by atoms with Gasteiger partial charge in [0, 0.05) is 17.5 Å². The summed E-state index contributed by atoms with van der Waals surface area (Å²) in [4.78, 5) is 0. The van der Waals surface area contributed by atoms with E-state index in [2.05, 4.69) is 48.6 Å². The first-order valence-corrected chi connectivity index (χ1v) is 8.21. The predicted molar refractivity (Wildman–Crippen MR) is 95.7 cm³/mol. The molecule has 0 spiro atoms. The van der Waals surface area contributed by atoms with Gasteiger partial charge in [0.2, 0.25) is 0 Å². The number of aromatic nitrogens is 2. The molecule has 4 nitrogen and oxygen atoms in total.